The van der Waals surface area contributed by atoms with Gasteiger partial charge in [0.25, 0.3) is 0 Å². The molecule has 0 radical (unpaired) electrons. The molecule has 0 saturated heterocycles. The minimum absolute atomic E-state index is 0.0752. The number of rotatable bonds is 3. The zero-order valence-electron chi connectivity index (χ0n) is 10.7. The second-order valence-corrected chi connectivity index (χ2v) is 3.92. The van der Waals surface area contributed by atoms with Crippen molar-refractivity contribution < 1.29 is 14.7 Å². The fourth-order valence-corrected chi connectivity index (χ4v) is 1.35. The average Bonchev–Trinajstić information content (AvgIpc) is 2.49. The Morgan fingerprint density at radius 2 is 1.16 bits per heavy atom. The van der Waals surface area contributed by atoms with E-state index in [0.29, 0.717) is 0 Å². The molecule has 1 N–H and O–H groups in total. The smallest absolute Gasteiger partial charge is 0.193 e. The standard InChI is InChI=1S/C13H10O.C3H6O2/c14-13(11-7-3-1-4-8-11)12-9-5-2-6-10-12;1-3(5)2-4/h1-10H;4H,2H2,1H3. The van der Waals surface area contributed by atoms with Crippen molar-refractivity contribution in [3.05, 3.63) is 71.8 Å². The predicted octanol–water partition coefficient (Wildman–Crippen LogP) is 2.49. The van der Waals surface area contributed by atoms with Gasteiger partial charge in [-0.2, -0.15) is 0 Å². The highest BCUT2D eigenvalue weighted by molar-refractivity contribution is 6.08. The second-order valence-electron chi connectivity index (χ2n) is 3.92. The molecule has 2 rings (SSSR count). The summed E-state index contributed by atoms with van der Waals surface area (Å²) in [4.78, 5) is 21.4. The number of Topliss-reactive ketones (excluding diaryl/α,β-unsaturated/α-hetero) is 1. The van der Waals surface area contributed by atoms with Gasteiger partial charge in [-0.1, -0.05) is 60.7 Å². The summed E-state index contributed by atoms with van der Waals surface area (Å²) in [6.45, 7) is 1.000. The van der Waals surface area contributed by atoms with Gasteiger partial charge in [0.1, 0.15) is 6.61 Å². The van der Waals surface area contributed by atoms with Crippen LogP contribution in [0.3, 0.4) is 0 Å². The molecule has 3 nitrogen and oxygen atoms in total. The number of ketones is 2. The summed E-state index contributed by atoms with van der Waals surface area (Å²) < 4.78 is 0. The molecule has 0 bridgehead atoms. The van der Waals surface area contributed by atoms with Crippen LogP contribution in [0.2, 0.25) is 0 Å². The van der Waals surface area contributed by atoms with Gasteiger partial charge in [-0.05, 0) is 6.92 Å². The number of benzene rings is 2. The van der Waals surface area contributed by atoms with E-state index in [1.807, 2.05) is 60.7 Å². The first-order chi connectivity index (χ1) is 9.15. The van der Waals surface area contributed by atoms with Crippen molar-refractivity contribution in [2.75, 3.05) is 6.61 Å². The second kappa shape index (κ2) is 7.95. The first-order valence-corrected chi connectivity index (χ1v) is 5.90. The Bertz CT molecular complexity index is 477. The van der Waals surface area contributed by atoms with Crippen molar-refractivity contribution in [2.24, 2.45) is 0 Å². The zero-order chi connectivity index (χ0) is 14.1. The number of hydrogen-bond acceptors (Lipinski definition) is 3. The molecule has 0 aliphatic heterocycles. The van der Waals surface area contributed by atoms with Crippen molar-refractivity contribution in [3.63, 3.8) is 0 Å². The lowest BCUT2D eigenvalue weighted by atomic mass is 10.0. The molecule has 2 aromatic carbocycles. The van der Waals surface area contributed by atoms with Crippen molar-refractivity contribution in [1.82, 2.24) is 0 Å². The summed E-state index contributed by atoms with van der Waals surface area (Å²) >= 11 is 0. The largest absolute Gasteiger partial charge is 0.389 e. The molecule has 0 unspecified atom stereocenters. The van der Waals surface area contributed by atoms with Gasteiger partial charge in [0.15, 0.2) is 11.6 Å². The van der Waals surface area contributed by atoms with Crippen LogP contribution < -0.4 is 0 Å². The summed E-state index contributed by atoms with van der Waals surface area (Å²) in [6.07, 6.45) is 0. The number of carbonyl (C=O) groups excluding carboxylic acids is 2. The minimum atomic E-state index is -0.333. The van der Waals surface area contributed by atoms with Crippen molar-refractivity contribution >= 4 is 11.6 Å². The van der Waals surface area contributed by atoms with E-state index in [9.17, 15) is 9.59 Å². The summed E-state index contributed by atoms with van der Waals surface area (Å²) in [7, 11) is 0. The molecule has 2 aromatic rings. The average molecular weight is 256 g/mol. The van der Waals surface area contributed by atoms with Crippen LogP contribution in [0.15, 0.2) is 60.7 Å². The van der Waals surface area contributed by atoms with Crippen LogP contribution in [0.1, 0.15) is 22.8 Å². The van der Waals surface area contributed by atoms with Crippen molar-refractivity contribution in [1.29, 1.82) is 0 Å². The van der Waals surface area contributed by atoms with Gasteiger partial charge in [-0.3, -0.25) is 9.59 Å². The third kappa shape index (κ3) is 5.27. The van der Waals surface area contributed by atoms with Gasteiger partial charge in [0, 0.05) is 11.1 Å². The Morgan fingerprint density at radius 3 is 1.42 bits per heavy atom. The highest BCUT2D eigenvalue weighted by Crippen LogP contribution is 2.08. The van der Waals surface area contributed by atoms with Crippen molar-refractivity contribution in [2.45, 2.75) is 6.92 Å². The molecule has 98 valence electrons. The van der Waals surface area contributed by atoms with Crippen LogP contribution in [0.25, 0.3) is 0 Å². The van der Waals surface area contributed by atoms with E-state index in [2.05, 4.69) is 0 Å². The third-order valence-corrected chi connectivity index (χ3v) is 2.29. The van der Waals surface area contributed by atoms with Crippen LogP contribution in [-0.2, 0) is 4.79 Å². The van der Waals surface area contributed by atoms with Gasteiger partial charge in [-0.15, -0.1) is 0 Å². The maximum absolute atomic E-state index is 11.8. The summed E-state index contributed by atoms with van der Waals surface area (Å²) in [5.41, 5.74) is 1.47. The van der Waals surface area contributed by atoms with E-state index in [4.69, 9.17) is 5.11 Å². The van der Waals surface area contributed by atoms with Gasteiger partial charge >= 0.3 is 0 Å². The molecule has 0 atom stereocenters. The number of aliphatic hydroxyl groups excluding tert-OH is 1. The lowest BCUT2D eigenvalue weighted by molar-refractivity contribution is -0.119. The molecule has 19 heavy (non-hydrogen) atoms. The Kier molecular flexibility index (Phi) is 6.19. The lowest BCUT2D eigenvalue weighted by Crippen LogP contribution is -1.99. The van der Waals surface area contributed by atoms with Crippen LogP contribution in [0, 0.1) is 0 Å². The Labute approximate surface area is 112 Å². The highest BCUT2D eigenvalue weighted by Gasteiger charge is 2.06. The maximum atomic E-state index is 11.8. The number of carbonyl (C=O) groups is 2. The van der Waals surface area contributed by atoms with Gasteiger partial charge in [0.2, 0.25) is 0 Å². The predicted molar refractivity (Wildman–Crippen MR) is 74.1 cm³/mol. The first kappa shape index (κ1) is 14.8. The van der Waals surface area contributed by atoms with E-state index in [1.54, 1.807) is 0 Å². The Hall–Kier alpha value is -2.26. The molecule has 0 fully saturated rings. The zero-order valence-corrected chi connectivity index (χ0v) is 10.7. The van der Waals surface area contributed by atoms with Gasteiger partial charge in [0.05, 0.1) is 0 Å². The molecule has 0 saturated carbocycles. The summed E-state index contributed by atoms with van der Waals surface area (Å²) in [5, 5.41) is 7.79. The van der Waals surface area contributed by atoms with Crippen LogP contribution >= 0.6 is 0 Å². The SMILES string of the molecule is CC(=O)CO.O=C(c1ccccc1)c1ccccc1. The Morgan fingerprint density at radius 1 is 0.842 bits per heavy atom. The highest BCUT2D eigenvalue weighted by atomic mass is 16.3. The fourth-order valence-electron chi connectivity index (χ4n) is 1.35. The maximum Gasteiger partial charge on any atom is 0.193 e. The molecule has 0 amide bonds. The van der Waals surface area contributed by atoms with E-state index < -0.39 is 0 Å². The van der Waals surface area contributed by atoms with E-state index in [-0.39, 0.29) is 18.2 Å². The molecule has 0 aliphatic carbocycles. The molecule has 3 heteroatoms. The van der Waals surface area contributed by atoms with Crippen LogP contribution in [0.4, 0.5) is 0 Å². The van der Waals surface area contributed by atoms with Gasteiger partial charge in [-0.25, -0.2) is 0 Å². The van der Waals surface area contributed by atoms with Crippen molar-refractivity contribution in [3.8, 4) is 0 Å². The summed E-state index contributed by atoms with van der Waals surface area (Å²) in [6, 6.07) is 18.6. The molecular formula is C16H16O3. The molecule has 0 aliphatic rings. The van der Waals surface area contributed by atoms with Crippen LogP contribution in [-0.4, -0.2) is 23.3 Å². The quantitative estimate of drug-likeness (QED) is 0.858. The van der Waals surface area contributed by atoms with E-state index in [0.717, 1.165) is 11.1 Å². The first-order valence-electron chi connectivity index (χ1n) is 5.90. The lowest BCUT2D eigenvalue weighted by Gasteiger charge is -1.99. The molecule has 0 aromatic heterocycles. The Balaban J connectivity index is 0.000000312. The summed E-state index contributed by atoms with van der Waals surface area (Å²) in [5.74, 6) is -0.115. The normalized spacial score (nSPS) is 9.16. The van der Waals surface area contributed by atoms with E-state index in [1.165, 1.54) is 6.92 Å². The number of aliphatic hydroxyl groups is 1. The third-order valence-electron chi connectivity index (χ3n) is 2.29. The van der Waals surface area contributed by atoms with E-state index >= 15 is 0 Å². The molecule has 0 spiro atoms. The topological polar surface area (TPSA) is 54.4 Å². The fraction of sp³-hybridized carbons (Fsp3) is 0.125. The number of hydrogen-bond donors (Lipinski definition) is 1. The van der Waals surface area contributed by atoms with Gasteiger partial charge < -0.3 is 5.11 Å². The molecule has 0 heterocycles. The molecular weight excluding hydrogens is 240 g/mol. The minimum Gasteiger partial charge on any atom is -0.389 e. The monoisotopic (exact) mass is 256 g/mol. The van der Waals surface area contributed by atoms with Crippen LogP contribution in [0.5, 0.6) is 0 Å².